The second-order valence-electron chi connectivity index (χ2n) is 7.71. The first-order chi connectivity index (χ1) is 12.7. The first kappa shape index (κ1) is 21.5. The van der Waals surface area contributed by atoms with Gasteiger partial charge in [0.15, 0.2) is 0 Å². The highest BCUT2D eigenvalue weighted by Gasteiger charge is 2.47. The third kappa shape index (κ3) is 5.36. The number of likely N-dealkylation sites (tertiary alicyclic amines) is 1. The maximum atomic E-state index is 12.5. The van der Waals surface area contributed by atoms with E-state index in [1.54, 1.807) is 17.0 Å². The van der Waals surface area contributed by atoms with Crippen molar-refractivity contribution in [2.45, 2.75) is 64.8 Å². The highest BCUT2D eigenvalue weighted by molar-refractivity contribution is 6.30. The highest BCUT2D eigenvalue weighted by atomic mass is 35.5. The first-order valence-corrected chi connectivity index (χ1v) is 9.88. The van der Waals surface area contributed by atoms with Gasteiger partial charge in [0, 0.05) is 11.6 Å². The summed E-state index contributed by atoms with van der Waals surface area (Å²) >= 11 is 5.92. The zero-order chi connectivity index (χ0) is 20.2. The van der Waals surface area contributed by atoms with Gasteiger partial charge >= 0.3 is 6.09 Å². The molecule has 0 radical (unpaired) electrons. The van der Waals surface area contributed by atoms with Gasteiger partial charge in [0.2, 0.25) is 5.91 Å². The van der Waals surface area contributed by atoms with Crippen molar-refractivity contribution >= 4 is 23.6 Å². The molecular formula is C20H30ClN3O3. The summed E-state index contributed by atoms with van der Waals surface area (Å²) < 4.78 is 5.46. The number of nitrogens with one attached hydrogen (secondary N) is 2. The predicted octanol–water partition coefficient (Wildman–Crippen LogP) is 3.85. The molecule has 27 heavy (non-hydrogen) atoms. The average Bonchev–Trinajstić information content (AvgIpc) is 2.91. The van der Waals surface area contributed by atoms with Crippen LogP contribution in [-0.4, -0.2) is 41.3 Å². The molecule has 1 aromatic rings. The number of benzene rings is 1. The summed E-state index contributed by atoms with van der Waals surface area (Å²) in [4.78, 5) is 26.5. The lowest BCUT2D eigenvalue weighted by atomic mass is 9.99. The molecule has 0 aliphatic carbocycles. The molecule has 2 unspecified atom stereocenters. The molecule has 6 nitrogen and oxygen atoms in total. The molecule has 0 aromatic heterocycles. The third-order valence-corrected chi connectivity index (χ3v) is 4.64. The summed E-state index contributed by atoms with van der Waals surface area (Å²) in [6, 6.07) is 6.77. The van der Waals surface area contributed by atoms with Crippen molar-refractivity contribution in [1.29, 1.82) is 0 Å². The molecule has 2 saturated heterocycles. The number of nitrogens with zero attached hydrogens (tertiary/aromatic N) is 1. The Morgan fingerprint density at radius 1 is 1.26 bits per heavy atom. The summed E-state index contributed by atoms with van der Waals surface area (Å²) in [6.07, 6.45) is 1.21. The van der Waals surface area contributed by atoms with Gasteiger partial charge in [0.05, 0.1) is 6.54 Å². The maximum Gasteiger partial charge on any atom is 0.410 e. The molecule has 0 saturated carbocycles. The lowest BCUT2D eigenvalue weighted by molar-refractivity contribution is -0.121. The van der Waals surface area contributed by atoms with Crippen LogP contribution < -0.4 is 10.6 Å². The molecule has 2 atom stereocenters. The van der Waals surface area contributed by atoms with Crippen molar-refractivity contribution in [3.8, 4) is 0 Å². The Balaban J connectivity index is 0.00000126. The molecule has 2 aliphatic rings. The first-order valence-electron chi connectivity index (χ1n) is 9.51. The SMILES string of the molecule is CC.CC(C)(C)OC(=O)N1CCCC2(C1)NC(=O)C(c1ccc(Cl)cc1)N2. The second kappa shape index (κ2) is 8.48. The lowest BCUT2D eigenvalue weighted by Crippen LogP contribution is -2.61. The molecule has 2 fully saturated rings. The van der Waals surface area contributed by atoms with Crippen molar-refractivity contribution in [2.75, 3.05) is 13.1 Å². The maximum absolute atomic E-state index is 12.5. The van der Waals surface area contributed by atoms with Crippen molar-refractivity contribution in [3.63, 3.8) is 0 Å². The minimum atomic E-state index is -0.615. The van der Waals surface area contributed by atoms with E-state index in [4.69, 9.17) is 16.3 Å². The standard InChI is InChI=1S/C18H24ClN3O3.C2H6/c1-17(2,3)25-16(24)22-10-4-9-18(11-22)20-14(15(23)21-18)12-5-7-13(19)8-6-12;1-2/h5-8,14,20H,4,9-11H2,1-3H3,(H,21,23);1-2H3. The van der Waals surface area contributed by atoms with Gasteiger partial charge in [-0.25, -0.2) is 4.79 Å². The minimum absolute atomic E-state index is 0.0895. The predicted molar refractivity (Wildman–Crippen MR) is 107 cm³/mol. The van der Waals surface area contributed by atoms with Crippen LogP contribution in [0.3, 0.4) is 0 Å². The number of carbonyl (C=O) groups is 2. The van der Waals surface area contributed by atoms with E-state index >= 15 is 0 Å². The van der Waals surface area contributed by atoms with Crippen LogP contribution in [0.25, 0.3) is 0 Å². The van der Waals surface area contributed by atoms with E-state index in [0.29, 0.717) is 18.1 Å². The van der Waals surface area contributed by atoms with Crippen LogP contribution in [0.15, 0.2) is 24.3 Å². The topological polar surface area (TPSA) is 70.7 Å². The van der Waals surface area contributed by atoms with E-state index in [1.165, 1.54) is 0 Å². The van der Waals surface area contributed by atoms with Crippen LogP contribution in [0.2, 0.25) is 5.02 Å². The van der Waals surface area contributed by atoms with Crippen molar-refractivity contribution in [3.05, 3.63) is 34.9 Å². The van der Waals surface area contributed by atoms with E-state index in [2.05, 4.69) is 10.6 Å². The summed E-state index contributed by atoms with van der Waals surface area (Å²) in [6.45, 7) is 10.5. The summed E-state index contributed by atoms with van der Waals surface area (Å²) in [5.41, 5.74) is -0.302. The average molecular weight is 396 g/mol. The Hall–Kier alpha value is -1.79. The van der Waals surface area contributed by atoms with Gasteiger partial charge in [-0.05, 0) is 51.3 Å². The van der Waals surface area contributed by atoms with Gasteiger partial charge in [-0.2, -0.15) is 0 Å². The van der Waals surface area contributed by atoms with Gasteiger partial charge in [-0.15, -0.1) is 0 Å². The zero-order valence-corrected chi connectivity index (χ0v) is 17.5. The molecule has 2 aliphatic heterocycles. The molecule has 2 heterocycles. The second-order valence-corrected chi connectivity index (χ2v) is 8.14. The quantitative estimate of drug-likeness (QED) is 0.757. The number of hydrogen-bond acceptors (Lipinski definition) is 4. The Morgan fingerprint density at radius 2 is 1.89 bits per heavy atom. The molecule has 0 bridgehead atoms. The lowest BCUT2D eigenvalue weighted by Gasteiger charge is -2.40. The van der Waals surface area contributed by atoms with Gasteiger partial charge in [-0.3, -0.25) is 10.1 Å². The van der Waals surface area contributed by atoms with E-state index < -0.39 is 17.3 Å². The van der Waals surface area contributed by atoms with E-state index in [-0.39, 0.29) is 12.0 Å². The van der Waals surface area contributed by atoms with Crippen LogP contribution in [0.5, 0.6) is 0 Å². The Labute approximate surface area is 166 Å². The van der Waals surface area contributed by atoms with Gasteiger partial charge in [-0.1, -0.05) is 37.6 Å². The van der Waals surface area contributed by atoms with Gasteiger partial charge < -0.3 is 15.0 Å². The van der Waals surface area contributed by atoms with Crippen molar-refractivity contribution in [2.24, 2.45) is 0 Å². The number of rotatable bonds is 1. The molecule has 2 amide bonds. The van der Waals surface area contributed by atoms with E-state index in [9.17, 15) is 9.59 Å². The molecule has 1 aromatic carbocycles. The fourth-order valence-corrected chi connectivity index (χ4v) is 3.46. The highest BCUT2D eigenvalue weighted by Crippen LogP contribution is 2.30. The third-order valence-electron chi connectivity index (χ3n) is 4.39. The number of halogens is 1. The van der Waals surface area contributed by atoms with Crippen LogP contribution in [0.1, 0.15) is 59.1 Å². The molecule has 2 N–H and O–H groups in total. The normalized spacial score (nSPS) is 24.9. The number of carbonyl (C=O) groups excluding carboxylic acids is 2. The van der Waals surface area contributed by atoms with Gasteiger partial charge in [0.25, 0.3) is 0 Å². The van der Waals surface area contributed by atoms with Crippen LogP contribution in [0.4, 0.5) is 4.79 Å². The fourth-order valence-electron chi connectivity index (χ4n) is 3.33. The molecule has 1 spiro atoms. The largest absolute Gasteiger partial charge is 0.444 e. The van der Waals surface area contributed by atoms with Crippen LogP contribution in [0, 0.1) is 0 Å². The van der Waals surface area contributed by atoms with E-state index in [1.807, 2.05) is 46.8 Å². The van der Waals surface area contributed by atoms with E-state index in [0.717, 1.165) is 18.4 Å². The monoisotopic (exact) mass is 395 g/mol. The molecule has 7 heteroatoms. The Kier molecular flexibility index (Phi) is 6.76. The summed E-state index contributed by atoms with van der Waals surface area (Å²) in [5.74, 6) is -0.0895. The molecule has 150 valence electrons. The van der Waals surface area contributed by atoms with Gasteiger partial charge in [0.1, 0.15) is 17.3 Å². The summed E-state index contributed by atoms with van der Waals surface area (Å²) in [7, 11) is 0. The fraction of sp³-hybridized carbons (Fsp3) is 0.600. The number of ether oxygens (including phenoxy) is 1. The smallest absolute Gasteiger partial charge is 0.410 e. The summed E-state index contributed by atoms with van der Waals surface area (Å²) in [5, 5.41) is 7.06. The Morgan fingerprint density at radius 3 is 2.48 bits per heavy atom. The molecule has 3 rings (SSSR count). The zero-order valence-electron chi connectivity index (χ0n) is 16.8. The minimum Gasteiger partial charge on any atom is -0.444 e. The number of piperidine rings is 1. The number of amides is 2. The Bertz CT molecular complexity index is 672. The van der Waals surface area contributed by atoms with Crippen molar-refractivity contribution in [1.82, 2.24) is 15.5 Å². The van der Waals surface area contributed by atoms with Crippen molar-refractivity contribution < 1.29 is 14.3 Å². The van der Waals surface area contributed by atoms with Crippen LogP contribution in [-0.2, 0) is 9.53 Å². The van der Waals surface area contributed by atoms with Crippen LogP contribution >= 0.6 is 11.6 Å². The number of hydrogen-bond donors (Lipinski definition) is 2. The molecular weight excluding hydrogens is 366 g/mol.